The fourth-order valence-corrected chi connectivity index (χ4v) is 1.91. The van der Waals surface area contributed by atoms with Crippen LogP contribution in [0.3, 0.4) is 0 Å². The molecule has 0 amide bonds. The van der Waals surface area contributed by atoms with E-state index in [0.717, 1.165) is 16.8 Å². The zero-order valence-electron chi connectivity index (χ0n) is 7.44. The number of aromatic amines is 1. The maximum atomic E-state index is 10.0. The summed E-state index contributed by atoms with van der Waals surface area (Å²) in [5.41, 5.74) is 2.68. The molecule has 2 heterocycles. The van der Waals surface area contributed by atoms with Crippen molar-refractivity contribution in [1.29, 1.82) is 0 Å². The van der Waals surface area contributed by atoms with Gasteiger partial charge < -0.3 is 15.4 Å². The maximum absolute atomic E-state index is 10.0. The van der Waals surface area contributed by atoms with Gasteiger partial charge in [0.1, 0.15) is 5.60 Å². The van der Waals surface area contributed by atoms with E-state index in [1.165, 1.54) is 0 Å². The van der Waals surface area contributed by atoms with Crippen molar-refractivity contribution in [3.63, 3.8) is 0 Å². The lowest BCUT2D eigenvalue weighted by Crippen LogP contribution is -2.57. The zero-order chi connectivity index (χ0) is 8.77. The monoisotopic (exact) mass is 166 g/mol. The Morgan fingerprint density at radius 3 is 2.42 bits per heavy atom. The quantitative estimate of drug-likeness (QED) is 0.566. The van der Waals surface area contributed by atoms with Crippen LogP contribution in [0.5, 0.6) is 0 Å². The minimum atomic E-state index is -0.617. The number of β-amino-alcohol motifs (C(OH)–C–C–N with tert-alkyl or cyclic N) is 1. The molecule has 66 valence electrons. The molecule has 1 aliphatic heterocycles. The van der Waals surface area contributed by atoms with E-state index in [4.69, 9.17) is 0 Å². The third-order valence-electron chi connectivity index (χ3n) is 2.57. The zero-order valence-corrected chi connectivity index (χ0v) is 7.44. The Kier molecular flexibility index (Phi) is 1.53. The van der Waals surface area contributed by atoms with Crippen molar-refractivity contribution >= 4 is 0 Å². The smallest absolute Gasteiger partial charge is 0.116 e. The number of aryl methyl sites for hydroxylation is 2. The first-order chi connectivity index (χ1) is 5.63. The first-order valence-corrected chi connectivity index (χ1v) is 4.22. The van der Waals surface area contributed by atoms with Crippen molar-refractivity contribution in [3.05, 3.63) is 23.0 Å². The van der Waals surface area contributed by atoms with E-state index in [9.17, 15) is 5.11 Å². The first-order valence-electron chi connectivity index (χ1n) is 4.22. The van der Waals surface area contributed by atoms with Crippen LogP contribution in [0.25, 0.3) is 0 Å². The van der Waals surface area contributed by atoms with E-state index in [1.807, 2.05) is 20.0 Å². The molecule has 1 aromatic rings. The highest BCUT2D eigenvalue weighted by molar-refractivity contribution is 5.37. The Morgan fingerprint density at radius 2 is 2.08 bits per heavy atom. The van der Waals surface area contributed by atoms with Gasteiger partial charge in [-0.2, -0.15) is 0 Å². The largest absolute Gasteiger partial charge is 0.382 e. The second-order valence-corrected chi connectivity index (χ2v) is 3.61. The average molecular weight is 166 g/mol. The third-order valence-corrected chi connectivity index (χ3v) is 2.57. The highest BCUT2D eigenvalue weighted by Crippen LogP contribution is 2.30. The molecule has 0 aromatic carbocycles. The van der Waals surface area contributed by atoms with Crippen LogP contribution in [0.15, 0.2) is 6.20 Å². The minimum Gasteiger partial charge on any atom is -0.382 e. The van der Waals surface area contributed by atoms with Crippen molar-refractivity contribution in [2.24, 2.45) is 0 Å². The topological polar surface area (TPSA) is 48.0 Å². The molecule has 1 fully saturated rings. The van der Waals surface area contributed by atoms with Crippen LogP contribution >= 0.6 is 0 Å². The average Bonchev–Trinajstić information content (AvgIpc) is 2.27. The molecular formula is C9H14N2O. The molecule has 3 nitrogen and oxygen atoms in total. The standard InChI is InChI=1S/C9H14N2O/c1-6-3-11-7(2)8(6)9(12)4-10-5-9/h3,10-12H,4-5H2,1-2H3. The number of aromatic nitrogens is 1. The van der Waals surface area contributed by atoms with E-state index in [1.54, 1.807) is 0 Å². The molecule has 1 aromatic heterocycles. The number of rotatable bonds is 1. The minimum absolute atomic E-state index is 0.617. The summed E-state index contributed by atoms with van der Waals surface area (Å²) in [4.78, 5) is 3.12. The molecule has 0 bridgehead atoms. The Morgan fingerprint density at radius 1 is 1.42 bits per heavy atom. The van der Waals surface area contributed by atoms with E-state index >= 15 is 0 Å². The van der Waals surface area contributed by atoms with Crippen LogP contribution in [-0.2, 0) is 5.60 Å². The summed E-state index contributed by atoms with van der Waals surface area (Å²) in [5, 5.41) is 13.1. The fraction of sp³-hybridized carbons (Fsp3) is 0.556. The second-order valence-electron chi connectivity index (χ2n) is 3.61. The molecule has 0 saturated carbocycles. The predicted molar refractivity (Wildman–Crippen MR) is 47.0 cm³/mol. The summed E-state index contributed by atoms with van der Waals surface area (Å²) in [6.07, 6.45) is 1.95. The molecular weight excluding hydrogens is 152 g/mol. The van der Waals surface area contributed by atoms with Crippen molar-refractivity contribution in [2.75, 3.05) is 13.1 Å². The maximum Gasteiger partial charge on any atom is 0.116 e. The van der Waals surface area contributed by atoms with Crippen LogP contribution in [0, 0.1) is 13.8 Å². The van der Waals surface area contributed by atoms with E-state index in [-0.39, 0.29) is 0 Å². The molecule has 2 rings (SSSR count). The molecule has 1 saturated heterocycles. The van der Waals surface area contributed by atoms with Gasteiger partial charge in [0.2, 0.25) is 0 Å². The van der Waals surface area contributed by atoms with E-state index < -0.39 is 5.60 Å². The summed E-state index contributed by atoms with van der Waals surface area (Å²) in [5.74, 6) is 0. The van der Waals surface area contributed by atoms with E-state index in [2.05, 4.69) is 10.3 Å². The first kappa shape index (κ1) is 7.83. The molecule has 0 aliphatic carbocycles. The molecule has 0 radical (unpaired) electrons. The highest BCUT2D eigenvalue weighted by Gasteiger charge is 2.38. The van der Waals surface area contributed by atoms with Crippen molar-refractivity contribution in [1.82, 2.24) is 10.3 Å². The van der Waals surface area contributed by atoms with Gasteiger partial charge in [-0.25, -0.2) is 0 Å². The van der Waals surface area contributed by atoms with Gasteiger partial charge in [0.25, 0.3) is 0 Å². The number of nitrogens with one attached hydrogen (secondary N) is 2. The number of hydrogen-bond acceptors (Lipinski definition) is 2. The lowest BCUT2D eigenvalue weighted by molar-refractivity contribution is -0.0155. The summed E-state index contributed by atoms with van der Waals surface area (Å²) in [7, 11) is 0. The van der Waals surface area contributed by atoms with Crippen LogP contribution in [0.1, 0.15) is 16.8 Å². The molecule has 0 unspecified atom stereocenters. The van der Waals surface area contributed by atoms with Gasteiger partial charge in [-0.05, 0) is 19.4 Å². The van der Waals surface area contributed by atoms with Gasteiger partial charge in [0.15, 0.2) is 0 Å². The summed E-state index contributed by atoms with van der Waals surface area (Å²) < 4.78 is 0. The lowest BCUT2D eigenvalue weighted by Gasteiger charge is -2.38. The summed E-state index contributed by atoms with van der Waals surface area (Å²) in [6, 6.07) is 0. The molecule has 12 heavy (non-hydrogen) atoms. The Balaban J connectivity index is 2.44. The van der Waals surface area contributed by atoms with Crippen molar-refractivity contribution in [3.8, 4) is 0 Å². The molecule has 3 heteroatoms. The SMILES string of the molecule is Cc1c[nH]c(C)c1C1(O)CNC1. The highest BCUT2D eigenvalue weighted by atomic mass is 16.3. The number of H-pyrrole nitrogens is 1. The molecule has 1 aliphatic rings. The Hall–Kier alpha value is -0.800. The van der Waals surface area contributed by atoms with Gasteiger partial charge in [0.05, 0.1) is 0 Å². The van der Waals surface area contributed by atoms with Gasteiger partial charge in [-0.1, -0.05) is 0 Å². The lowest BCUT2D eigenvalue weighted by atomic mass is 9.86. The van der Waals surface area contributed by atoms with Crippen LogP contribution in [0.4, 0.5) is 0 Å². The van der Waals surface area contributed by atoms with Gasteiger partial charge >= 0.3 is 0 Å². The van der Waals surface area contributed by atoms with Crippen molar-refractivity contribution < 1.29 is 5.11 Å². The van der Waals surface area contributed by atoms with Gasteiger partial charge in [-0.3, -0.25) is 0 Å². The summed E-state index contributed by atoms with van der Waals surface area (Å²) >= 11 is 0. The van der Waals surface area contributed by atoms with Gasteiger partial charge in [-0.15, -0.1) is 0 Å². The van der Waals surface area contributed by atoms with Crippen LogP contribution < -0.4 is 5.32 Å². The summed E-state index contributed by atoms with van der Waals surface area (Å²) in [6.45, 7) is 5.37. The number of aliphatic hydroxyl groups is 1. The fourth-order valence-electron chi connectivity index (χ4n) is 1.91. The number of hydrogen-bond donors (Lipinski definition) is 3. The van der Waals surface area contributed by atoms with Crippen molar-refractivity contribution in [2.45, 2.75) is 19.4 Å². The molecule has 3 N–H and O–H groups in total. The third kappa shape index (κ3) is 0.901. The second kappa shape index (κ2) is 2.34. The van der Waals surface area contributed by atoms with Crippen LogP contribution in [0.2, 0.25) is 0 Å². The predicted octanol–water partition coefficient (Wildman–Crippen LogP) is 0.422. The Bertz CT molecular complexity index is 280. The molecule has 0 atom stereocenters. The molecule has 0 spiro atoms. The Labute approximate surface area is 71.8 Å². The van der Waals surface area contributed by atoms with Crippen LogP contribution in [-0.4, -0.2) is 23.2 Å². The normalized spacial score (nSPS) is 20.6. The van der Waals surface area contributed by atoms with E-state index in [0.29, 0.717) is 13.1 Å². The van der Waals surface area contributed by atoms with Gasteiger partial charge in [0, 0.05) is 30.5 Å².